The molecule has 0 bridgehead atoms. The molecule has 1 fully saturated rings. The largest absolute Gasteiger partial charge is 0.462 e. The van der Waals surface area contributed by atoms with Crippen LogP contribution in [-0.2, 0) is 16.0 Å². The number of nitrogens with zero attached hydrogens (tertiary/aromatic N) is 3. The fourth-order valence-corrected chi connectivity index (χ4v) is 4.14. The molecule has 6 nitrogen and oxygen atoms in total. The van der Waals surface area contributed by atoms with Crippen LogP contribution in [0.15, 0.2) is 67.0 Å². The average molecular weight is 466 g/mol. The van der Waals surface area contributed by atoms with Gasteiger partial charge < -0.3 is 9.47 Å². The molecule has 0 aliphatic carbocycles. The Kier molecular flexibility index (Phi) is 8.05. The number of rotatable bonds is 8. The Morgan fingerprint density at radius 1 is 1.09 bits per heavy atom. The Morgan fingerprint density at radius 3 is 2.58 bits per heavy atom. The number of hydrogen-bond acceptors (Lipinski definition) is 6. The van der Waals surface area contributed by atoms with E-state index >= 15 is 0 Å². The molecular formula is C26H28ClN3O3. The van der Waals surface area contributed by atoms with E-state index in [1.54, 1.807) is 25.4 Å². The molecule has 33 heavy (non-hydrogen) atoms. The highest BCUT2D eigenvalue weighted by atomic mass is 35.5. The molecule has 172 valence electrons. The standard InChI is InChI=1S/C26H28ClN3O3/c1-2-32-26(31)20-10-14-28-22(17-20)18-30-15-11-23(12-16-30)33-25(24-5-3-4-13-29-24)19-6-8-21(27)9-7-19/h3-10,13-14,17,23,25H,2,11-12,15-16,18H2,1H3. The molecular weight excluding hydrogens is 438 g/mol. The topological polar surface area (TPSA) is 64.5 Å². The molecule has 1 aliphatic heterocycles. The highest BCUT2D eigenvalue weighted by Gasteiger charge is 2.26. The smallest absolute Gasteiger partial charge is 0.338 e. The van der Waals surface area contributed by atoms with Crippen molar-refractivity contribution in [2.75, 3.05) is 19.7 Å². The van der Waals surface area contributed by atoms with Crippen LogP contribution < -0.4 is 0 Å². The van der Waals surface area contributed by atoms with Crippen LogP contribution >= 0.6 is 11.6 Å². The van der Waals surface area contributed by atoms with E-state index in [1.165, 1.54) is 0 Å². The van der Waals surface area contributed by atoms with Crippen LogP contribution in [0.1, 0.15) is 53.2 Å². The SMILES string of the molecule is CCOC(=O)c1ccnc(CN2CCC(OC(c3ccc(Cl)cc3)c3ccccn3)CC2)c1. The number of carbonyl (C=O) groups is 1. The van der Waals surface area contributed by atoms with Crippen molar-refractivity contribution in [2.24, 2.45) is 0 Å². The lowest BCUT2D eigenvalue weighted by atomic mass is 10.0. The Morgan fingerprint density at radius 2 is 1.88 bits per heavy atom. The number of ether oxygens (including phenoxy) is 2. The molecule has 1 aliphatic rings. The second-order valence-electron chi connectivity index (χ2n) is 8.05. The van der Waals surface area contributed by atoms with E-state index < -0.39 is 0 Å². The molecule has 3 heterocycles. The lowest BCUT2D eigenvalue weighted by Gasteiger charge is -2.33. The van der Waals surface area contributed by atoms with Gasteiger partial charge in [0, 0.05) is 37.1 Å². The van der Waals surface area contributed by atoms with Crippen molar-refractivity contribution in [3.05, 3.63) is 94.5 Å². The fourth-order valence-electron chi connectivity index (χ4n) is 4.02. The third-order valence-electron chi connectivity index (χ3n) is 5.71. The number of hydrogen-bond donors (Lipinski definition) is 0. The third-order valence-corrected chi connectivity index (χ3v) is 5.96. The molecule has 0 radical (unpaired) electrons. The van der Waals surface area contributed by atoms with Crippen LogP contribution in [0.25, 0.3) is 0 Å². The number of halogens is 1. The average Bonchev–Trinajstić information content (AvgIpc) is 2.85. The summed E-state index contributed by atoms with van der Waals surface area (Å²) in [5.74, 6) is -0.309. The number of pyridine rings is 2. The van der Waals surface area contributed by atoms with E-state index in [0.717, 1.165) is 42.9 Å². The monoisotopic (exact) mass is 465 g/mol. The summed E-state index contributed by atoms with van der Waals surface area (Å²) in [7, 11) is 0. The van der Waals surface area contributed by atoms with Gasteiger partial charge in [0.2, 0.25) is 0 Å². The summed E-state index contributed by atoms with van der Waals surface area (Å²) < 4.78 is 11.7. The zero-order valence-electron chi connectivity index (χ0n) is 18.7. The quantitative estimate of drug-likeness (QED) is 0.432. The second kappa shape index (κ2) is 11.4. The van der Waals surface area contributed by atoms with Gasteiger partial charge in [-0.15, -0.1) is 0 Å². The van der Waals surface area contributed by atoms with Crippen LogP contribution in [0, 0.1) is 0 Å². The summed E-state index contributed by atoms with van der Waals surface area (Å²) in [6.45, 7) is 4.65. The maximum absolute atomic E-state index is 12.0. The zero-order chi connectivity index (χ0) is 23.0. The number of carbonyl (C=O) groups excluding carboxylic acids is 1. The molecule has 0 spiro atoms. The van der Waals surface area contributed by atoms with Crippen LogP contribution in [0.3, 0.4) is 0 Å². The van der Waals surface area contributed by atoms with Gasteiger partial charge in [-0.1, -0.05) is 29.8 Å². The third kappa shape index (κ3) is 6.38. The summed E-state index contributed by atoms with van der Waals surface area (Å²) >= 11 is 6.09. The van der Waals surface area contributed by atoms with Gasteiger partial charge in [-0.2, -0.15) is 0 Å². The number of benzene rings is 1. The van der Waals surface area contributed by atoms with Crippen molar-refractivity contribution in [3.63, 3.8) is 0 Å². The number of likely N-dealkylation sites (tertiary alicyclic amines) is 1. The molecule has 1 aromatic carbocycles. The van der Waals surface area contributed by atoms with E-state index in [0.29, 0.717) is 23.7 Å². The minimum absolute atomic E-state index is 0.128. The first-order chi connectivity index (χ1) is 16.1. The lowest BCUT2D eigenvalue weighted by molar-refractivity contribution is -0.0298. The van der Waals surface area contributed by atoms with E-state index in [-0.39, 0.29) is 18.2 Å². The number of aromatic nitrogens is 2. The van der Waals surface area contributed by atoms with Crippen molar-refractivity contribution < 1.29 is 14.3 Å². The normalized spacial score (nSPS) is 15.8. The van der Waals surface area contributed by atoms with Gasteiger partial charge in [0.15, 0.2) is 0 Å². The van der Waals surface area contributed by atoms with Crippen LogP contribution in [0.4, 0.5) is 0 Å². The highest BCUT2D eigenvalue weighted by Crippen LogP contribution is 2.30. The van der Waals surface area contributed by atoms with Crippen LogP contribution in [0.2, 0.25) is 5.02 Å². The molecule has 7 heteroatoms. The fraction of sp³-hybridized carbons (Fsp3) is 0.346. The Labute approximate surface area is 199 Å². The summed E-state index contributed by atoms with van der Waals surface area (Å²) in [4.78, 5) is 23.3. The van der Waals surface area contributed by atoms with Gasteiger partial charge in [-0.05, 0) is 61.7 Å². The molecule has 0 saturated carbocycles. The number of piperidine rings is 1. The van der Waals surface area contributed by atoms with E-state index in [9.17, 15) is 4.79 Å². The van der Waals surface area contributed by atoms with Gasteiger partial charge >= 0.3 is 5.97 Å². The summed E-state index contributed by atoms with van der Waals surface area (Å²) in [5.41, 5.74) is 3.34. The van der Waals surface area contributed by atoms with E-state index in [2.05, 4.69) is 14.9 Å². The van der Waals surface area contributed by atoms with Crippen molar-refractivity contribution in [2.45, 2.75) is 38.5 Å². The van der Waals surface area contributed by atoms with Crippen molar-refractivity contribution in [1.82, 2.24) is 14.9 Å². The summed E-state index contributed by atoms with van der Waals surface area (Å²) in [6.07, 6.45) is 5.18. The molecule has 4 rings (SSSR count). The predicted octanol–water partition coefficient (Wildman–Crippen LogP) is 5.08. The second-order valence-corrected chi connectivity index (χ2v) is 8.49. The van der Waals surface area contributed by atoms with Gasteiger partial charge in [-0.25, -0.2) is 4.79 Å². The molecule has 1 atom stereocenters. The minimum Gasteiger partial charge on any atom is -0.462 e. The van der Waals surface area contributed by atoms with Crippen molar-refractivity contribution in [1.29, 1.82) is 0 Å². The molecule has 0 N–H and O–H groups in total. The predicted molar refractivity (Wildman–Crippen MR) is 127 cm³/mol. The lowest BCUT2D eigenvalue weighted by Crippen LogP contribution is -2.37. The van der Waals surface area contributed by atoms with Gasteiger partial charge in [0.1, 0.15) is 6.10 Å². The zero-order valence-corrected chi connectivity index (χ0v) is 19.4. The first-order valence-corrected chi connectivity index (χ1v) is 11.7. The Bertz CT molecular complexity index is 1040. The minimum atomic E-state index is -0.309. The maximum Gasteiger partial charge on any atom is 0.338 e. The van der Waals surface area contributed by atoms with Crippen LogP contribution in [0.5, 0.6) is 0 Å². The Hall–Kier alpha value is -2.80. The van der Waals surface area contributed by atoms with Crippen LogP contribution in [-0.4, -0.2) is 46.6 Å². The first-order valence-electron chi connectivity index (χ1n) is 11.3. The van der Waals surface area contributed by atoms with Gasteiger partial charge in [0.05, 0.1) is 29.7 Å². The van der Waals surface area contributed by atoms with Crippen molar-refractivity contribution >= 4 is 17.6 Å². The molecule has 0 amide bonds. The van der Waals surface area contributed by atoms with Gasteiger partial charge in [-0.3, -0.25) is 14.9 Å². The van der Waals surface area contributed by atoms with E-state index in [4.69, 9.17) is 21.1 Å². The molecule has 2 aromatic heterocycles. The summed E-state index contributed by atoms with van der Waals surface area (Å²) in [6, 6.07) is 17.2. The Balaban J connectivity index is 1.37. The van der Waals surface area contributed by atoms with Crippen molar-refractivity contribution in [3.8, 4) is 0 Å². The van der Waals surface area contributed by atoms with Gasteiger partial charge in [0.25, 0.3) is 0 Å². The molecule has 1 saturated heterocycles. The molecule has 3 aromatic rings. The molecule has 1 unspecified atom stereocenters. The van der Waals surface area contributed by atoms with E-state index in [1.807, 2.05) is 48.5 Å². The summed E-state index contributed by atoms with van der Waals surface area (Å²) in [5, 5.41) is 0.701. The maximum atomic E-state index is 12.0. The first kappa shape index (κ1) is 23.4. The highest BCUT2D eigenvalue weighted by molar-refractivity contribution is 6.30. The number of esters is 1.